The van der Waals surface area contributed by atoms with Gasteiger partial charge in [0.1, 0.15) is 0 Å². The molecule has 1 aliphatic rings. The fourth-order valence-electron chi connectivity index (χ4n) is 3.72. The molecule has 0 atom stereocenters. The standard InChI is InChI=1S/C21H14/c1-3-7-17-14(5-1)9-12-20-19(17)11-10-16-13-15-6-2-4-8-18(15)21(16)20/h1-12H,13H2. The van der Waals surface area contributed by atoms with E-state index in [0.717, 1.165) is 6.42 Å². The summed E-state index contributed by atoms with van der Waals surface area (Å²) < 4.78 is 0. The van der Waals surface area contributed by atoms with Gasteiger partial charge in [0, 0.05) is 0 Å². The molecular formula is C21H14. The lowest BCUT2D eigenvalue weighted by Gasteiger charge is -2.09. The van der Waals surface area contributed by atoms with Gasteiger partial charge in [-0.1, -0.05) is 72.8 Å². The van der Waals surface area contributed by atoms with E-state index in [9.17, 15) is 0 Å². The molecule has 0 bridgehead atoms. The summed E-state index contributed by atoms with van der Waals surface area (Å²) in [5.74, 6) is 0. The zero-order chi connectivity index (χ0) is 13.8. The summed E-state index contributed by atoms with van der Waals surface area (Å²) in [5, 5.41) is 5.41. The SMILES string of the molecule is c1ccc2c(c1)Cc1ccc3c(ccc4ccccc43)c1-2. The van der Waals surface area contributed by atoms with Crippen LogP contribution in [-0.2, 0) is 6.42 Å². The maximum absolute atomic E-state index is 2.31. The molecular weight excluding hydrogens is 252 g/mol. The quantitative estimate of drug-likeness (QED) is 0.322. The first kappa shape index (κ1) is 11.1. The maximum Gasteiger partial charge on any atom is -0.00132 e. The molecule has 0 saturated heterocycles. The van der Waals surface area contributed by atoms with Gasteiger partial charge in [-0.3, -0.25) is 0 Å². The van der Waals surface area contributed by atoms with Crippen molar-refractivity contribution in [3.05, 3.63) is 83.9 Å². The zero-order valence-corrected chi connectivity index (χ0v) is 11.6. The van der Waals surface area contributed by atoms with E-state index in [1.165, 1.54) is 43.8 Å². The largest absolute Gasteiger partial charge is 0.0619 e. The van der Waals surface area contributed by atoms with E-state index in [0.29, 0.717) is 0 Å². The predicted octanol–water partition coefficient (Wildman–Crippen LogP) is 5.56. The average Bonchev–Trinajstić information content (AvgIpc) is 2.93. The minimum atomic E-state index is 1.06. The summed E-state index contributed by atoms with van der Waals surface area (Å²) in [6.07, 6.45) is 1.06. The molecule has 0 amide bonds. The minimum Gasteiger partial charge on any atom is -0.0619 e. The minimum absolute atomic E-state index is 1.06. The summed E-state index contributed by atoms with van der Waals surface area (Å²) in [6, 6.07) is 26.6. The highest BCUT2D eigenvalue weighted by molar-refractivity contribution is 6.13. The molecule has 0 spiro atoms. The average molecular weight is 266 g/mol. The molecule has 4 aromatic rings. The summed E-state index contributed by atoms with van der Waals surface area (Å²) in [7, 11) is 0. The van der Waals surface area contributed by atoms with Crippen LogP contribution in [-0.4, -0.2) is 0 Å². The fraction of sp³-hybridized carbons (Fsp3) is 0.0476. The number of hydrogen-bond donors (Lipinski definition) is 0. The van der Waals surface area contributed by atoms with Crippen molar-refractivity contribution in [1.29, 1.82) is 0 Å². The van der Waals surface area contributed by atoms with E-state index in [-0.39, 0.29) is 0 Å². The number of benzene rings is 4. The lowest BCUT2D eigenvalue weighted by Crippen LogP contribution is -1.84. The molecule has 0 unspecified atom stereocenters. The van der Waals surface area contributed by atoms with Crippen LogP contribution >= 0.6 is 0 Å². The highest BCUT2D eigenvalue weighted by atomic mass is 14.2. The van der Waals surface area contributed by atoms with Gasteiger partial charge in [-0.15, -0.1) is 0 Å². The first-order valence-corrected chi connectivity index (χ1v) is 7.43. The normalized spacial score (nSPS) is 12.6. The lowest BCUT2D eigenvalue weighted by molar-refractivity contribution is 1.27. The fourth-order valence-corrected chi connectivity index (χ4v) is 3.72. The van der Waals surface area contributed by atoms with E-state index in [4.69, 9.17) is 0 Å². The smallest absolute Gasteiger partial charge is 0.00132 e. The lowest BCUT2D eigenvalue weighted by atomic mass is 9.94. The Balaban J connectivity index is 1.97. The topological polar surface area (TPSA) is 0 Å². The highest BCUT2D eigenvalue weighted by Crippen LogP contribution is 2.42. The van der Waals surface area contributed by atoms with Gasteiger partial charge in [0.25, 0.3) is 0 Å². The van der Waals surface area contributed by atoms with Gasteiger partial charge in [0.2, 0.25) is 0 Å². The van der Waals surface area contributed by atoms with Gasteiger partial charge in [0.05, 0.1) is 0 Å². The van der Waals surface area contributed by atoms with Gasteiger partial charge in [-0.05, 0) is 50.2 Å². The Kier molecular flexibility index (Phi) is 2.09. The first-order chi connectivity index (χ1) is 10.4. The Morgan fingerprint density at radius 1 is 0.524 bits per heavy atom. The molecule has 0 aromatic heterocycles. The van der Waals surface area contributed by atoms with E-state index >= 15 is 0 Å². The van der Waals surface area contributed by atoms with E-state index in [2.05, 4.69) is 72.8 Å². The van der Waals surface area contributed by atoms with Crippen LogP contribution in [0.4, 0.5) is 0 Å². The summed E-state index contributed by atoms with van der Waals surface area (Å²) in [6.45, 7) is 0. The summed E-state index contributed by atoms with van der Waals surface area (Å²) in [4.78, 5) is 0. The second-order valence-electron chi connectivity index (χ2n) is 5.82. The van der Waals surface area contributed by atoms with Crippen molar-refractivity contribution in [3.8, 4) is 11.1 Å². The first-order valence-electron chi connectivity index (χ1n) is 7.43. The summed E-state index contributed by atoms with van der Waals surface area (Å²) in [5.41, 5.74) is 5.76. The predicted molar refractivity (Wildman–Crippen MR) is 89.7 cm³/mol. The monoisotopic (exact) mass is 266 g/mol. The molecule has 5 rings (SSSR count). The number of rotatable bonds is 0. The van der Waals surface area contributed by atoms with Crippen molar-refractivity contribution in [1.82, 2.24) is 0 Å². The van der Waals surface area contributed by atoms with Crippen molar-refractivity contribution in [2.75, 3.05) is 0 Å². The zero-order valence-electron chi connectivity index (χ0n) is 11.6. The molecule has 4 aromatic carbocycles. The third-order valence-corrected chi connectivity index (χ3v) is 4.68. The molecule has 98 valence electrons. The second kappa shape index (κ2) is 3.95. The van der Waals surface area contributed by atoms with Gasteiger partial charge >= 0.3 is 0 Å². The molecule has 0 radical (unpaired) electrons. The Bertz CT molecular complexity index is 1010. The van der Waals surface area contributed by atoms with Crippen molar-refractivity contribution >= 4 is 21.5 Å². The highest BCUT2D eigenvalue weighted by Gasteiger charge is 2.20. The van der Waals surface area contributed by atoms with Crippen LogP contribution < -0.4 is 0 Å². The van der Waals surface area contributed by atoms with E-state index in [1.54, 1.807) is 0 Å². The molecule has 0 saturated carbocycles. The van der Waals surface area contributed by atoms with Crippen molar-refractivity contribution in [3.63, 3.8) is 0 Å². The van der Waals surface area contributed by atoms with Crippen LogP contribution in [0.15, 0.2) is 72.8 Å². The van der Waals surface area contributed by atoms with Crippen molar-refractivity contribution < 1.29 is 0 Å². The van der Waals surface area contributed by atoms with Gasteiger partial charge < -0.3 is 0 Å². The van der Waals surface area contributed by atoms with Crippen LogP contribution in [0.3, 0.4) is 0 Å². The third-order valence-electron chi connectivity index (χ3n) is 4.68. The van der Waals surface area contributed by atoms with Crippen molar-refractivity contribution in [2.24, 2.45) is 0 Å². The molecule has 0 heteroatoms. The number of hydrogen-bond acceptors (Lipinski definition) is 0. The Morgan fingerprint density at radius 2 is 1.33 bits per heavy atom. The van der Waals surface area contributed by atoms with Gasteiger partial charge in [-0.25, -0.2) is 0 Å². The molecule has 0 N–H and O–H groups in total. The second-order valence-corrected chi connectivity index (χ2v) is 5.82. The van der Waals surface area contributed by atoms with Gasteiger partial charge in [-0.2, -0.15) is 0 Å². The van der Waals surface area contributed by atoms with Gasteiger partial charge in [0.15, 0.2) is 0 Å². The van der Waals surface area contributed by atoms with Crippen molar-refractivity contribution in [2.45, 2.75) is 6.42 Å². The molecule has 1 aliphatic carbocycles. The molecule has 0 aliphatic heterocycles. The van der Waals surface area contributed by atoms with E-state index < -0.39 is 0 Å². The Labute approximate surface area is 123 Å². The van der Waals surface area contributed by atoms with Crippen LogP contribution in [0, 0.1) is 0 Å². The van der Waals surface area contributed by atoms with Crippen LogP contribution in [0.1, 0.15) is 11.1 Å². The van der Waals surface area contributed by atoms with Crippen LogP contribution in [0.25, 0.3) is 32.7 Å². The molecule has 21 heavy (non-hydrogen) atoms. The maximum atomic E-state index is 2.31. The molecule has 0 nitrogen and oxygen atoms in total. The van der Waals surface area contributed by atoms with E-state index in [1.807, 2.05) is 0 Å². The molecule has 0 heterocycles. The van der Waals surface area contributed by atoms with Crippen LogP contribution in [0.5, 0.6) is 0 Å². The van der Waals surface area contributed by atoms with Crippen LogP contribution in [0.2, 0.25) is 0 Å². The Hall–Kier alpha value is -2.60. The third kappa shape index (κ3) is 1.45. The number of fused-ring (bicyclic) bond motifs is 7. The Morgan fingerprint density at radius 3 is 2.33 bits per heavy atom. The summed E-state index contributed by atoms with van der Waals surface area (Å²) >= 11 is 0. The molecule has 0 fully saturated rings.